The first kappa shape index (κ1) is 48.8. The van der Waals surface area contributed by atoms with E-state index in [2.05, 4.69) is 14.9 Å². The summed E-state index contributed by atoms with van der Waals surface area (Å²) < 4.78 is 90.7. The van der Waals surface area contributed by atoms with Crippen molar-refractivity contribution >= 4 is 50.3 Å². The third kappa shape index (κ3) is 9.80. The van der Waals surface area contributed by atoms with Crippen molar-refractivity contribution in [1.29, 1.82) is 0 Å². The highest BCUT2D eigenvalue weighted by molar-refractivity contribution is 7.91. The summed E-state index contributed by atoms with van der Waals surface area (Å²) in [6, 6.07) is 11.5. The van der Waals surface area contributed by atoms with Gasteiger partial charge in [0.1, 0.15) is 35.0 Å². The fraction of sp³-hybridized carbons (Fsp3) is 0.562. The van der Waals surface area contributed by atoms with Gasteiger partial charge in [-0.15, -0.1) is 0 Å². The van der Waals surface area contributed by atoms with Crippen LogP contribution in [0.5, 0.6) is 11.6 Å². The second kappa shape index (κ2) is 18.7. The highest BCUT2D eigenvalue weighted by atomic mass is 32.2. The van der Waals surface area contributed by atoms with E-state index >= 15 is 4.79 Å². The molecular formula is C48H59F3N6O10S. The normalized spacial score (nSPS) is 27.3. The Labute approximate surface area is 393 Å². The lowest BCUT2D eigenvalue weighted by Crippen LogP contribution is -2.66. The van der Waals surface area contributed by atoms with E-state index in [0.29, 0.717) is 75.0 Å². The van der Waals surface area contributed by atoms with Gasteiger partial charge < -0.3 is 34.4 Å². The standard InChI is InChI=1S/C48H59F3N6O10S/c1-28-8-6-7-9-32-26-47(32,44(60)54-68(63,64)36-15-16-36)53-41(58)39-25-35(27-56(39)43(59)40(29(2)22-28)57(45(61)62)46(3,4)48(49,50)51)67-42-37-17-14-34(65-5)23-31(37)24-38(52-42)30-10-12-33(13-11-30)55-18-20-66-21-19-55/h7,9-14,17,23-24,28-29,32,35-36,39-40H,6,8,15-16,18-22,25-27H2,1-5H3,(H,53,58)(H,54,60)(H,61,62)/t28-,29+,32+,35+,39-,40-,47+/m0/s1. The molecule has 2 saturated carbocycles. The van der Waals surface area contributed by atoms with Crippen molar-refractivity contribution in [1.82, 2.24) is 24.8 Å². The number of hydrogen-bond donors (Lipinski definition) is 3. The summed E-state index contributed by atoms with van der Waals surface area (Å²) in [4.78, 5) is 65.6. The number of morpholine rings is 1. The van der Waals surface area contributed by atoms with Crippen LogP contribution in [0.3, 0.4) is 0 Å². The van der Waals surface area contributed by atoms with Crippen LogP contribution in [0.1, 0.15) is 72.6 Å². The van der Waals surface area contributed by atoms with Crippen LogP contribution in [0.25, 0.3) is 22.0 Å². The lowest BCUT2D eigenvalue weighted by molar-refractivity contribution is -0.222. The highest BCUT2D eigenvalue weighted by Crippen LogP contribution is 2.47. The number of aromatic nitrogens is 1. The molecule has 0 bridgehead atoms. The number of anilines is 1. The lowest BCUT2D eigenvalue weighted by Gasteiger charge is -2.45. The summed E-state index contributed by atoms with van der Waals surface area (Å²) in [6.07, 6.45) is -2.91. The lowest BCUT2D eigenvalue weighted by atomic mass is 9.85. The molecule has 2 aromatic carbocycles. The van der Waals surface area contributed by atoms with Gasteiger partial charge in [0.05, 0.1) is 37.8 Å². The number of fused-ring (bicyclic) bond motifs is 3. The Morgan fingerprint density at radius 2 is 1.72 bits per heavy atom. The number of methoxy groups -OCH3 is 1. The summed E-state index contributed by atoms with van der Waals surface area (Å²) in [5, 5.41) is 13.9. The number of ether oxygens (including phenoxy) is 3. The van der Waals surface area contributed by atoms with Crippen molar-refractivity contribution in [3.8, 4) is 22.9 Å². The molecule has 4 amide bonds. The van der Waals surface area contributed by atoms with Gasteiger partial charge in [-0.3, -0.25) is 24.0 Å². The molecule has 68 heavy (non-hydrogen) atoms. The van der Waals surface area contributed by atoms with Crippen LogP contribution in [0.4, 0.5) is 23.7 Å². The van der Waals surface area contributed by atoms with E-state index in [-0.39, 0.29) is 42.5 Å². The zero-order valence-corrected chi connectivity index (χ0v) is 39.6. The minimum Gasteiger partial charge on any atom is -0.497 e. The molecule has 20 heteroatoms. The third-order valence-electron chi connectivity index (χ3n) is 14.2. The molecule has 3 aliphatic heterocycles. The Morgan fingerprint density at radius 1 is 1.01 bits per heavy atom. The van der Waals surface area contributed by atoms with Crippen LogP contribution in [0, 0.1) is 17.8 Å². The van der Waals surface area contributed by atoms with Crippen molar-refractivity contribution in [2.24, 2.45) is 17.8 Å². The summed E-state index contributed by atoms with van der Waals surface area (Å²) in [5.41, 5.74) is -2.51. The van der Waals surface area contributed by atoms with E-state index in [9.17, 15) is 41.1 Å². The minimum atomic E-state index is -5.11. The maximum atomic E-state index is 15.3. The van der Waals surface area contributed by atoms with Crippen LogP contribution < -0.4 is 24.4 Å². The molecule has 7 atom stereocenters. The van der Waals surface area contributed by atoms with E-state index in [1.54, 1.807) is 24.3 Å². The Bertz CT molecular complexity index is 2570. The van der Waals surface area contributed by atoms with Gasteiger partial charge in [0, 0.05) is 42.1 Å². The molecule has 8 rings (SSSR count). The van der Waals surface area contributed by atoms with Crippen molar-refractivity contribution in [2.45, 2.75) is 113 Å². The molecule has 2 aliphatic carbocycles. The van der Waals surface area contributed by atoms with E-state index < -0.39 is 86.4 Å². The Morgan fingerprint density at radius 3 is 2.37 bits per heavy atom. The molecular weight excluding hydrogens is 910 g/mol. The third-order valence-corrected chi connectivity index (χ3v) is 16.0. The summed E-state index contributed by atoms with van der Waals surface area (Å²) in [5.74, 6) is -4.00. The maximum Gasteiger partial charge on any atom is 0.411 e. The Hall–Kier alpha value is -5.63. The molecule has 1 aromatic heterocycles. The van der Waals surface area contributed by atoms with E-state index in [1.165, 1.54) is 14.0 Å². The van der Waals surface area contributed by atoms with Gasteiger partial charge in [-0.2, -0.15) is 13.2 Å². The highest BCUT2D eigenvalue weighted by Gasteiger charge is 2.63. The number of alkyl halides is 3. The number of nitrogens with one attached hydrogen (secondary N) is 2. The van der Waals surface area contributed by atoms with Gasteiger partial charge in [0.25, 0.3) is 5.91 Å². The molecule has 16 nitrogen and oxygen atoms in total. The second-order valence-electron chi connectivity index (χ2n) is 19.5. The number of sulfonamides is 1. The number of pyridine rings is 1. The summed E-state index contributed by atoms with van der Waals surface area (Å²) in [7, 11) is -2.52. The van der Waals surface area contributed by atoms with Gasteiger partial charge in [-0.1, -0.05) is 38.1 Å². The average molecular weight is 969 g/mol. The number of amides is 4. The van der Waals surface area contributed by atoms with Crippen molar-refractivity contribution < 1.29 is 60.1 Å². The molecule has 5 aliphatic rings. The van der Waals surface area contributed by atoms with Crippen molar-refractivity contribution in [3.63, 3.8) is 0 Å². The molecule has 4 fully saturated rings. The van der Waals surface area contributed by atoms with Crippen LogP contribution in [0.2, 0.25) is 0 Å². The van der Waals surface area contributed by atoms with E-state index in [1.807, 2.05) is 43.3 Å². The van der Waals surface area contributed by atoms with Gasteiger partial charge in [0.2, 0.25) is 27.7 Å². The first-order valence-corrected chi connectivity index (χ1v) is 24.7. The first-order valence-electron chi connectivity index (χ1n) is 23.2. The number of carbonyl (C=O) groups is 4. The first-order chi connectivity index (χ1) is 32.1. The molecule has 4 heterocycles. The number of rotatable bonds is 10. The molecule has 368 valence electrons. The molecule has 0 spiro atoms. The SMILES string of the molecule is COc1ccc2c(O[C@@H]3C[C@H]4C(=O)N[C@]5(C(=O)NS(=O)(=O)C6CC6)C[C@H]5C=CCC[C@H](C)C[C@@H](C)[C@H](N(C(=O)O)C(C)(C)C(F)(F)F)C(=O)N4C3)nc(-c3ccc(N4CCOCC4)cc3)cc2c1. The summed E-state index contributed by atoms with van der Waals surface area (Å²) in [6.45, 7) is 7.12. The summed E-state index contributed by atoms with van der Waals surface area (Å²) >= 11 is 0. The number of nitrogens with zero attached hydrogens (tertiary/aromatic N) is 4. The van der Waals surface area contributed by atoms with Crippen molar-refractivity contribution in [2.75, 3.05) is 44.9 Å². The number of halogens is 3. The minimum absolute atomic E-state index is 0.0449. The second-order valence-corrected chi connectivity index (χ2v) is 21.4. The van der Waals surface area contributed by atoms with E-state index in [0.717, 1.165) is 29.2 Å². The number of carboxylic acid groups (broad SMARTS) is 1. The molecule has 0 radical (unpaired) electrons. The molecule has 2 saturated heterocycles. The smallest absolute Gasteiger partial charge is 0.411 e. The topological polar surface area (TPSA) is 197 Å². The zero-order valence-electron chi connectivity index (χ0n) is 38.8. The van der Waals surface area contributed by atoms with Crippen LogP contribution in [0.15, 0.2) is 60.7 Å². The van der Waals surface area contributed by atoms with Crippen LogP contribution >= 0.6 is 0 Å². The van der Waals surface area contributed by atoms with Gasteiger partial charge in [-0.25, -0.2) is 18.2 Å². The number of allylic oxidation sites excluding steroid dienone is 1. The van der Waals surface area contributed by atoms with Gasteiger partial charge >= 0.3 is 12.3 Å². The zero-order chi connectivity index (χ0) is 48.9. The Balaban J connectivity index is 1.19. The van der Waals surface area contributed by atoms with Crippen LogP contribution in [-0.4, -0.2) is 133 Å². The Kier molecular flexibility index (Phi) is 13.4. The number of benzene rings is 2. The average Bonchev–Trinajstić information content (AvgIpc) is 4.22. The predicted octanol–water partition coefficient (Wildman–Crippen LogP) is 6.28. The molecule has 0 unspecified atom stereocenters. The maximum absolute atomic E-state index is 15.3. The predicted molar refractivity (Wildman–Crippen MR) is 245 cm³/mol. The van der Waals surface area contributed by atoms with E-state index in [4.69, 9.17) is 19.2 Å². The fourth-order valence-corrected chi connectivity index (χ4v) is 11.2. The molecule has 3 aromatic rings. The monoisotopic (exact) mass is 968 g/mol. The quantitative estimate of drug-likeness (QED) is 0.193. The van der Waals surface area contributed by atoms with Crippen molar-refractivity contribution in [3.05, 3.63) is 60.7 Å². The largest absolute Gasteiger partial charge is 0.497 e. The van der Waals surface area contributed by atoms with Crippen LogP contribution in [-0.2, 0) is 29.1 Å². The number of carbonyl (C=O) groups excluding carboxylic acids is 3. The van der Waals surface area contributed by atoms with Gasteiger partial charge in [-0.05, 0) is 106 Å². The van der Waals surface area contributed by atoms with Gasteiger partial charge in [0.15, 0.2) is 0 Å². The fourth-order valence-electron chi connectivity index (χ4n) is 9.88. The number of hydrogen-bond acceptors (Lipinski definition) is 11. The molecule has 3 N–H and O–H groups in total.